The van der Waals surface area contributed by atoms with Crippen LogP contribution >= 0.6 is 22.9 Å². The minimum atomic E-state index is -0.553. The molecule has 0 saturated carbocycles. The van der Waals surface area contributed by atoms with Crippen molar-refractivity contribution >= 4 is 39.9 Å². The number of halogens is 2. The summed E-state index contributed by atoms with van der Waals surface area (Å²) in [5, 5.41) is 22.6. The number of nitrogens with zero attached hydrogens (tertiary/aromatic N) is 3. The highest BCUT2D eigenvalue weighted by atomic mass is 35.5. The van der Waals surface area contributed by atoms with Gasteiger partial charge in [0.05, 0.1) is 10.6 Å². The number of hydrogen-bond donors (Lipinski definition) is 1. The summed E-state index contributed by atoms with van der Waals surface area (Å²) in [6, 6.07) is 10.5. The number of rotatable bonds is 4. The Morgan fingerprint density at radius 2 is 2.00 bits per heavy atom. The van der Waals surface area contributed by atoms with Gasteiger partial charge in [-0.05, 0) is 81.0 Å². The van der Waals surface area contributed by atoms with Gasteiger partial charge >= 0.3 is 0 Å². The third-order valence-electron chi connectivity index (χ3n) is 5.81. The van der Waals surface area contributed by atoms with Crippen LogP contribution in [0.4, 0.5) is 9.39 Å². The van der Waals surface area contributed by atoms with Crippen LogP contribution in [0.2, 0.25) is 5.02 Å². The maximum absolute atomic E-state index is 13.6. The summed E-state index contributed by atoms with van der Waals surface area (Å²) in [5.41, 5.74) is 4.45. The molecule has 3 aromatic rings. The van der Waals surface area contributed by atoms with E-state index in [2.05, 4.69) is 11.4 Å². The fraction of sp³-hybridized carbons (Fsp3) is 0.240. The predicted molar refractivity (Wildman–Crippen MR) is 128 cm³/mol. The van der Waals surface area contributed by atoms with E-state index in [0.717, 1.165) is 47.5 Å². The summed E-state index contributed by atoms with van der Waals surface area (Å²) in [6.07, 6.45) is 5.38. The molecule has 0 unspecified atom stereocenters. The molecule has 1 aliphatic rings. The zero-order chi connectivity index (χ0) is 23.7. The van der Waals surface area contributed by atoms with E-state index in [1.807, 2.05) is 30.6 Å². The lowest BCUT2D eigenvalue weighted by Crippen LogP contribution is -2.13. The Morgan fingerprint density at radius 3 is 2.70 bits per heavy atom. The van der Waals surface area contributed by atoms with Gasteiger partial charge < -0.3 is 9.88 Å². The molecule has 1 N–H and O–H groups in total. The van der Waals surface area contributed by atoms with Gasteiger partial charge in [-0.2, -0.15) is 10.5 Å². The Morgan fingerprint density at radius 1 is 1.24 bits per heavy atom. The summed E-state index contributed by atoms with van der Waals surface area (Å²) in [6.45, 7) is 3.73. The van der Waals surface area contributed by atoms with Crippen molar-refractivity contribution < 1.29 is 9.18 Å². The Hall–Kier alpha value is -3.39. The molecule has 1 aliphatic carbocycles. The Kier molecular flexibility index (Phi) is 6.37. The first-order valence-electron chi connectivity index (χ1n) is 10.5. The van der Waals surface area contributed by atoms with Gasteiger partial charge in [-0.15, -0.1) is 11.3 Å². The molecule has 0 aliphatic heterocycles. The van der Waals surface area contributed by atoms with Crippen molar-refractivity contribution in [3.63, 3.8) is 0 Å². The van der Waals surface area contributed by atoms with E-state index >= 15 is 0 Å². The lowest BCUT2D eigenvalue weighted by atomic mass is 9.96. The number of nitriles is 2. The molecule has 2 aromatic heterocycles. The van der Waals surface area contributed by atoms with E-state index < -0.39 is 11.7 Å². The van der Waals surface area contributed by atoms with Gasteiger partial charge in [-0.25, -0.2) is 4.39 Å². The van der Waals surface area contributed by atoms with Crippen LogP contribution in [0.15, 0.2) is 29.8 Å². The van der Waals surface area contributed by atoms with E-state index in [0.29, 0.717) is 21.8 Å². The van der Waals surface area contributed by atoms with Crippen LogP contribution in [-0.4, -0.2) is 10.5 Å². The number of carbonyl (C=O) groups is 1. The first-order valence-corrected chi connectivity index (χ1v) is 11.7. The van der Waals surface area contributed by atoms with Crippen LogP contribution in [0.25, 0.3) is 11.8 Å². The minimum Gasteiger partial charge on any atom is -0.318 e. The fourth-order valence-electron chi connectivity index (χ4n) is 4.20. The second-order valence-electron chi connectivity index (χ2n) is 7.91. The van der Waals surface area contributed by atoms with E-state index in [9.17, 15) is 19.7 Å². The van der Waals surface area contributed by atoms with Crippen LogP contribution < -0.4 is 5.32 Å². The topological polar surface area (TPSA) is 81.6 Å². The molecule has 0 radical (unpaired) electrons. The maximum atomic E-state index is 13.6. The number of carbonyl (C=O) groups excluding carboxylic acids is 1. The van der Waals surface area contributed by atoms with Crippen molar-refractivity contribution in [3.8, 4) is 17.8 Å². The molecule has 0 saturated heterocycles. The molecule has 1 aromatic carbocycles. The lowest BCUT2D eigenvalue weighted by molar-refractivity contribution is -0.112. The quantitative estimate of drug-likeness (QED) is 0.355. The standard InChI is InChI=1S/C25H20ClFN4OS/c1-14-9-16(15(2)31(14)18-7-8-22(27)21(26)11-18)10-17(12-28)24(32)30-25-20(13-29)19-5-3-4-6-23(19)33-25/h7-11H,3-6H2,1-2H3,(H,30,32). The van der Waals surface area contributed by atoms with E-state index in [1.165, 1.54) is 29.5 Å². The van der Waals surface area contributed by atoms with Crippen molar-refractivity contribution in [1.82, 2.24) is 4.57 Å². The zero-order valence-electron chi connectivity index (χ0n) is 18.1. The molecule has 4 rings (SSSR count). The highest BCUT2D eigenvalue weighted by Crippen LogP contribution is 2.38. The number of nitrogens with one attached hydrogen (secondary N) is 1. The number of amides is 1. The third-order valence-corrected chi connectivity index (χ3v) is 7.30. The van der Waals surface area contributed by atoms with Crippen molar-refractivity contribution in [2.45, 2.75) is 39.5 Å². The largest absolute Gasteiger partial charge is 0.318 e. The van der Waals surface area contributed by atoms with Crippen molar-refractivity contribution in [2.24, 2.45) is 0 Å². The monoisotopic (exact) mass is 478 g/mol. The molecule has 2 heterocycles. The van der Waals surface area contributed by atoms with Crippen molar-refractivity contribution in [1.29, 1.82) is 10.5 Å². The number of thiophene rings is 1. The summed E-state index contributed by atoms with van der Waals surface area (Å²) >= 11 is 7.36. The average molecular weight is 479 g/mol. The van der Waals surface area contributed by atoms with Crippen LogP contribution in [0.1, 0.15) is 45.8 Å². The molecule has 5 nitrogen and oxygen atoms in total. The van der Waals surface area contributed by atoms with Crippen LogP contribution in [0.3, 0.4) is 0 Å². The van der Waals surface area contributed by atoms with Crippen LogP contribution in [0.5, 0.6) is 0 Å². The molecule has 0 spiro atoms. The molecule has 8 heteroatoms. The van der Waals surface area contributed by atoms with Gasteiger partial charge in [0.1, 0.15) is 28.5 Å². The Balaban J connectivity index is 1.66. The number of aryl methyl sites for hydroxylation is 2. The average Bonchev–Trinajstić information content (AvgIpc) is 3.29. The van der Waals surface area contributed by atoms with Crippen molar-refractivity contribution in [2.75, 3.05) is 5.32 Å². The van der Waals surface area contributed by atoms with Gasteiger partial charge in [0.15, 0.2) is 0 Å². The number of anilines is 1. The first kappa shape index (κ1) is 22.8. The number of benzene rings is 1. The second-order valence-corrected chi connectivity index (χ2v) is 9.42. The van der Waals surface area contributed by atoms with Gasteiger partial charge in [0.2, 0.25) is 0 Å². The Labute approximate surface area is 200 Å². The maximum Gasteiger partial charge on any atom is 0.266 e. The molecule has 1 amide bonds. The Bertz CT molecular complexity index is 1390. The van der Waals surface area contributed by atoms with Gasteiger partial charge in [-0.3, -0.25) is 4.79 Å². The number of hydrogen-bond acceptors (Lipinski definition) is 4. The molecule has 0 bridgehead atoms. The summed E-state index contributed by atoms with van der Waals surface area (Å²) in [7, 11) is 0. The van der Waals surface area contributed by atoms with Crippen LogP contribution in [-0.2, 0) is 17.6 Å². The summed E-state index contributed by atoms with van der Waals surface area (Å²) < 4.78 is 15.5. The van der Waals surface area contributed by atoms with Crippen molar-refractivity contribution in [3.05, 3.63) is 73.6 Å². The van der Waals surface area contributed by atoms with Gasteiger partial charge in [-0.1, -0.05) is 11.6 Å². The third kappa shape index (κ3) is 4.30. The molecule has 33 heavy (non-hydrogen) atoms. The molecule has 0 fully saturated rings. The molecular weight excluding hydrogens is 459 g/mol. The van der Waals surface area contributed by atoms with Gasteiger partial charge in [0, 0.05) is 22.0 Å². The van der Waals surface area contributed by atoms with E-state index in [-0.39, 0.29) is 10.6 Å². The highest BCUT2D eigenvalue weighted by molar-refractivity contribution is 7.16. The normalized spacial score (nSPS) is 13.2. The lowest BCUT2D eigenvalue weighted by Gasteiger charge is -2.10. The number of fused-ring (bicyclic) bond motifs is 1. The van der Waals surface area contributed by atoms with E-state index in [1.54, 1.807) is 6.07 Å². The minimum absolute atomic E-state index is 0.0149. The van der Waals surface area contributed by atoms with E-state index in [4.69, 9.17) is 11.6 Å². The van der Waals surface area contributed by atoms with Gasteiger partial charge in [0.25, 0.3) is 5.91 Å². The zero-order valence-corrected chi connectivity index (χ0v) is 19.7. The molecule has 166 valence electrons. The second kappa shape index (κ2) is 9.23. The predicted octanol–water partition coefficient (Wildman–Crippen LogP) is 6.24. The molecule has 0 atom stereocenters. The summed E-state index contributed by atoms with van der Waals surface area (Å²) in [5.74, 6) is -1.05. The van der Waals surface area contributed by atoms with Crippen LogP contribution in [0, 0.1) is 42.3 Å². The highest BCUT2D eigenvalue weighted by Gasteiger charge is 2.23. The SMILES string of the molecule is Cc1cc(C=C(C#N)C(=O)Nc2sc3c(c2C#N)CCCC3)c(C)n1-c1ccc(F)c(Cl)c1. The first-order chi connectivity index (χ1) is 15.8. The summed E-state index contributed by atoms with van der Waals surface area (Å²) in [4.78, 5) is 14.0. The smallest absolute Gasteiger partial charge is 0.266 e. The fourth-order valence-corrected chi connectivity index (χ4v) is 5.61. The number of aromatic nitrogens is 1. The molecular formula is C25H20ClFN4OS.